The molecule has 1 amide bonds. The molecule has 2 N–H and O–H groups in total. The number of nitrogens with one attached hydrogen (secondary N) is 1. The van der Waals surface area contributed by atoms with Gasteiger partial charge in [0.25, 0.3) is 5.91 Å². The van der Waals surface area contributed by atoms with Gasteiger partial charge in [-0.3, -0.25) is 4.79 Å². The number of aryl methyl sites for hydroxylation is 1. The highest BCUT2D eigenvalue weighted by Crippen LogP contribution is 2.19. The van der Waals surface area contributed by atoms with Crippen molar-refractivity contribution in [2.24, 2.45) is 0 Å². The van der Waals surface area contributed by atoms with E-state index in [0.717, 1.165) is 5.56 Å². The molecule has 0 heterocycles. The smallest absolute Gasteiger partial charge is 0.331 e. The molecular formula is C16H23NO5. The van der Waals surface area contributed by atoms with E-state index in [1.54, 1.807) is 13.0 Å². The zero-order valence-electron chi connectivity index (χ0n) is 13.4. The summed E-state index contributed by atoms with van der Waals surface area (Å²) in [6, 6.07) is 7.35. The van der Waals surface area contributed by atoms with Crippen LogP contribution in [0.3, 0.4) is 0 Å². The van der Waals surface area contributed by atoms with Crippen molar-refractivity contribution in [1.29, 1.82) is 0 Å². The summed E-state index contributed by atoms with van der Waals surface area (Å²) in [4.78, 5) is 23.7. The average Bonchev–Trinajstić information content (AvgIpc) is 2.46. The Labute approximate surface area is 130 Å². The van der Waals surface area contributed by atoms with E-state index in [9.17, 15) is 14.7 Å². The maximum absolute atomic E-state index is 12.3. The van der Waals surface area contributed by atoms with Crippen LogP contribution in [0, 0.1) is 6.92 Å². The Kier molecular flexibility index (Phi) is 6.37. The van der Waals surface area contributed by atoms with E-state index in [0.29, 0.717) is 12.2 Å². The lowest BCUT2D eigenvalue weighted by Crippen LogP contribution is -2.58. The van der Waals surface area contributed by atoms with E-state index < -0.39 is 23.5 Å². The van der Waals surface area contributed by atoms with E-state index in [4.69, 9.17) is 9.47 Å². The molecule has 0 aliphatic carbocycles. The van der Waals surface area contributed by atoms with Gasteiger partial charge in [0.1, 0.15) is 5.75 Å². The SMILES string of the molecule is CCC(Oc1ccccc1C)C(=O)NC(C)(COC)C(=O)O. The van der Waals surface area contributed by atoms with Crippen LogP contribution in [0.5, 0.6) is 5.75 Å². The Bertz CT molecular complexity index is 531. The number of benzene rings is 1. The number of methoxy groups -OCH3 is 1. The van der Waals surface area contributed by atoms with Gasteiger partial charge in [0.05, 0.1) is 6.61 Å². The lowest BCUT2D eigenvalue weighted by atomic mass is 10.0. The summed E-state index contributed by atoms with van der Waals surface area (Å²) in [7, 11) is 1.38. The van der Waals surface area contributed by atoms with Crippen LogP contribution in [-0.4, -0.2) is 42.3 Å². The van der Waals surface area contributed by atoms with Gasteiger partial charge in [-0.1, -0.05) is 25.1 Å². The Hall–Kier alpha value is -2.08. The van der Waals surface area contributed by atoms with Crippen molar-refractivity contribution in [3.05, 3.63) is 29.8 Å². The van der Waals surface area contributed by atoms with Gasteiger partial charge in [-0.15, -0.1) is 0 Å². The largest absolute Gasteiger partial charge is 0.480 e. The van der Waals surface area contributed by atoms with Gasteiger partial charge in [0, 0.05) is 7.11 Å². The van der Waals surface area contributed by atoms with Crippen LogP contribution in [0.2, 0.25) is 0 Å². The summed E-state index contributed by atoms with van der Waals surface area (Å²) in [5.74, 6) is -1.03. The first kappa shape index (κ1) is 18.0. The number of carbonyl (C=O) groups is 2. The van der Waals surface area contributed by atoms with Gasteiger partial charge in [-0.25, -0.2) is 4.79 Å². The lowest BCUT2D eigenvalue weighted by molar-refractivity contribution is -0.150. The van der Waals surface area contributed by atoms with E-state index in [1.807, 2.05) is 25.1 Å². The Morgan fingerprint density at radius 1 is 1.36 bits per heavy atom. The van der Waals surface area contributed by atoms with Crippen molar-refractivity contribution in [2.45, 2.75) is 38.8 Å². The molecule has 0 bridgehead atoms. The molecule has 0 saturated carbocycles. The molecule has 2 atom stereocenters. The van der Waals surface area contributed by atoms with Crippen LogP contribution >= 0.6 is 0 Å². The third kappa shape index (κ3) is 4.46. The van der Waals surface area contributed by atoms with Gasteiger partial charge in [0.2, 0.25) is 0 Å². The summed E-state index contributed by atoms with van der Waals surface area (Å²) in [6.45, 7) is 4.95. The molecule has 2 unspecified atom stereocenters. The van der Waals surface area contributed by atoms with E-state index in [2.05, 4.69) is 5.32 Å². The molecule has 122 valence electrons. The first-order valence-corrected chi connectivity index (χ1v) is 7.10. The molecule has 22 heavy (non-hydrogen) atoms. The second kappa shape index (κ2) is 7.79. The van der Waals surface area contributed by atoms with E-state index >= 15 is 0 Å². The predicted octanol–water partition coefficient (Wildman–Crippen LogP) is 1.76. The number of ether oxygens (including phenoxy) is 2. The highest BCUT2D eigenvalue weighted by atomic mass is 16.5. The molecule has 0 spiro atoms. The normalized spacial score (nSPS) is 14.7. The fourth-order valence-electron chi connectivity index (χ4n) is 1.96. The molecule has 6 nitrogen and oxygen atoms in total. The topological polar surface area (TPSA) is 84.9 Å². The number of carboxylic acids is 1. The number of para-hydroxylation sites is 1. The molecule has 1 aromatic carbocycles. The quantitative estimate of drug-likeness (QED) is 0.764. The van der Waals surface area contributed by atoms with E-state index in [-0.39, 0.29) is 6.61 Å². The highest BCUT2D eigenvalue weighted by molar-refractivity contribution is 5.89. The summed E-state index contributed by atoms with van der Waals surface area (Å²) >= 11 is 0. The number of rotatable bonds is 8. The van der Waals surface area contributed by atoms with Crippen molar-refractivity contribution in [3.63, 3.8) is 0 Å². The number of aliphatic carboxylic acids is 1. The molecule has 0 saturated heterocycles. The minimum atomic E-state index is -1.49. The second-order valence-electron chi connectivity index (χ2n) is 5.34. The lowest BCUT2D eigenvalue weighted by Gasteiger charge is -2.28. The van der Waals surface area contributed by atoms with Crippen LogP contribution < -0.4 is 10.1 Å². The maximum atomic E-state index is 12.3. The molecule has 6 heteroatoms. The van der Waals surface area contributed by atoms with Gasteiger partial charge in [-0.2, -0.15) is 0 Å². The van der Waals surface area contributed by atoms with Crippen molar-refractivity contribution < 1.29 is 24.2 Å². The Balaban J connectivity index is 2.84. The van der Waals surface area contributed by atoms with Gasteiger partial charge < -0.3 is 19.9 Å². The third-order valence-electron chi connectivity index (χ3n) is 3.33. The maximum Gasteiger partial charge on any atom is 0.331 e. The number of carbonyl (C=O) groups excluding carboxylic acids is 1. The molecule has 1 aromatic rings. The molecule has 1 rings (SSSR count). The number of carboxylic acid groups (broad SMARTS) is 1. The first-order chi connectivity index (χ1) is 10.3. The van der Waals surface area contributed by atoms with Gasteiger partial charge >= 0.3 is 5.97 Å². The summed E-state index contributed by atoms with van der Waals surface area (Å²) in [5.41, 5.74) is -0.583. The first-order valence-electron chi connectivity index (χ1n) is 7.10. The molecule has 0 aliphatic rings. The highest BCUT2D eigenvalue weighted by Gasteiger charge is 2.37. The van der Waals surface area contributed by atoms with Crippen LogP contribution in [0.25, 0.3) is 0 Å². The fourth-order valence-corrected chi connectivity index (χ4v) is 1.96. The van der Waals surface area contributed by atoms with Crippen LogP contribution in [0.4, 0.5) is 0 Å². The molecule has 0 fully saturated rings. The van der Waals surface area contributed by atoms with Crippen LogP contribution in [0.15, 0.2) is 24.3 Å². The minimum Gasteiger partial charge on any atom is -0.480 e. The van der Waals surface area contributed by atoms with E-state index in [1.165, 1.54) is 14.0 Å². The third-order valence-corrected chi connectivity index (χ3v) is 3.33. The van der Waals surface area contributed by atoms with Crippen molar-refractivity contribution in [1.82, 2.24) is 5.32 Å². The summed E-state index contributed by atoms with van der Waals surface area (Å²) in [5, 5.41) is 11.8. The number of hydrogen-bond acceptors (Lipinski definition) is 4. The fraction of sp³-hybridized carbons (Fsp3) is 0.500. The van der Waals surface area contributed by atoms with Gasteiger partial charge in [-0.05, 0) is 31.9 Å². The molecule has 0 aromatic heterocycles. The van der Waals surface area contributed by atoms with Crippen molar-refractivity contribution in [2.75, 3.05) is 13.7 Å². The molecule has 0 aliphatic heterocycles. The van der Waals surface area contributed by atoms with Crippen LogP contribution in [-0.2, 0) is 14.3 Å². The van der Waals surface area contributed by atoms with Crippen molar-refractivity contribution >= 4 is 11.9 Å². The Morgan fingerprint density at radius 2 is 2.00 bits per heavy atom. The number of hydrogen-bond donors (Lipinski definition) is 2. The standard InChI is InChI=1S/C16H23NO5/c1-5-12(22-13-9-7-6-8-11(13)2)14(18)17-16(3,10-21-4)15(19)20/h6-9,12H,5,10H2,1-4H3,(H,17,18)(H,19,20). The monoisotopic (exact) mass is 309 g/mol. The zero-order chi connectivity index (χ0) is 16.8. The number of amides is 1. The summed E-state index contributed by atoms with van der Waals surface area (Å²) < 4.78 is 10.6. The minimum absolute atomic E-state index is 0.130. The Morgan fingerprint density at radius 3 is 2.50 bits per heavy atom. The molecular weight excluding hydrogens is 286 g/mol. The zero-order valence-corrected chi connectivity index (χ0v) is 13.4. The average molecular weight is 309 g/mol. The van der Waals surface area contributed by atoms with Crippen molar-refractivity contribution in [3.8, 4) is 5.75 Å². The molecule has 0 radical (unpaired) electrons. The predicted molar refractivity (Wildman–Crippen MR) is 81.9 cm³/mol. The van der Waals surface area contributed by atoms with Crippen LogP contribution in [0.1, 0.15) is 25.8 Å². The summed E-state index contributed by atoms with van der Waals surface area (Å²) in [6.07, 6.45) is -0.348. The van der Waals surface area contributed by atoms with Gasteiger partial charge in [0.15, 0.2) is 11.6 Å². The second-order valence-corrected chi connectivity index (χ2v) is 5.34.